The van der Waals surface area contributed by atoms with Crippen molar-refractivity contribution in [3.8, 4) is 11.5 Å². The minimum atomic E-state index is -0.217. The van der Waals surface area contributed by atoms with Gasteiger partial charge in [-0.25, -0.2) is 0 Å². The largest absolute Gasteiger partial charge is 0.504 e. The predicted molar refractivity (Wildman–Crippen MR) is 101 cm³/mol. The van der Waals surface area contributed by atoms with E-state index in [4.69, 9.17) is 4.74 Å². The lowest BCUT2D eigenvalue weighted by Gasteiger charge is -2.26. The Kier molecular flexibility index (Phi) is 6.50. The number of nitrogens with one attached hydrogen (secondary N) is 1. The second-order valence-corrected chi connectivity index (χ2v) is 6.69. The van der Waals surface area contributed by atoms with E-state index in [0.717, 1.165) is 12.1 Å². The molecule has 0 aromatic heterocycles. The van der Waals surface area contributed by atoms with Crippen LogP contribution in [0.15, 0.2) is 48.5 Å². The van der Waals surface area contributed by atoms with Gasteiger partial charge in [0.05, 0.1) is 0 Å². The van der Waals surface area contributed by atoms with E-state index in [0.29, 0.717) is 12.3 Å². The van der Waals surface area contributed by atoms with Crippen LogP contribution in [0.25, 0.3) is 0 Å². The first-order valence-electron chi connectivity index (χ1n) is 9.18. The molecule has 0 radical (unpaired) electrons. The van der Waals surface area contributed by atoms with Gasteiger partial charge in [0.25, 0.3) is 5.91 Å². The predicted octanol–water partition coefficient (Wildman–Crippen LogP) is 3.07. The molecule has 0 aliphatic carbocycles. The van der Waals surface area contributed by atoms with Crippen molar-refractivity contribution in [2.24, 2.45) is 0 Å². The van der Waals surface area contributed by atoms with Crippen molar-refractivity contribution < 1.29 is 14.6 Å². The van der Waals surface area contributed by atoms with Gasteiger partial charge in [0.15, 0.2) is 18.1 Å². The maximum Gasteiger partial charge on any atom is 0.258 e. The summed E-state index contributed by atoms with van der Waals surface area (Å²) in [6.45, 7) is 3.72. The highest BCUT2D eigenvalue weighted by Crippen LogP contribution is 2.24. The Morgan fingerprint density at radius 3 is 2.42 bits per heavy atom. The molecule has 1 fully saturated rings. The van der Waals surface area contributed by atoms with Gasteiger partial charge in [-0.3, -0.25) is 9.69 Å². The molecule has 1 amide bonds. The number of aromatic hydroxyl groups is 1. The average Bonchev–Trinajstić information content (AvgIpc) is 2.68. The van der Waals surface area contributed by atoms with E-state index in [2.05, 4.69) is 34.5 Å². The summed E-state index contributed by atoms with van der Waals surface area (Å²) in [4.78, 5) is 14.4. The van der Waals surface area contributed by atoms with Crippen LogP contribution in [-0.2, 0) is 17.9 Å². The number of ether oxygens (including phenoxy) is 1. The summed E-state index contributed by atoms with van der Waals surface area (Å²) in [6, 6.07) is 15.0. The van der Waals surface area contributed by atoms with Crippen LogP contribution in [0.1, 0.15) is 30.4 Å². The zero-order valence-corrected chi connectivity index (χ0v) is 15.0. The van der Waals surface area contributed by atoms with E-state index >= 15 is 0 Å². The molecule has 0 saturated carbocycles. The molecule has 5 nitrogen and oxygen atoms in total. The molecule has 26 heavy (non-hydrogen) atoms. The number of piperidine rings is 1. The normalized spacial score (nSPS) is 14.8. The van der Waals surface area contributed by atoms with Crippen molar-refractivity contribution in [2.75, 3.05) is 19.7 Å². The summed E-state index contributed by atoms with van der Waals surface area (Å²) in [5, 5.41) is 12.4. The number of hydrogen-bond donors (Lipinski definition) is 2. The highest BCUT2D eigenvalue weighted by atomic mass is 16.5. The molecule has 2 aromatic rings. The molecule has 138 valence electrons. The monoisotopic (exact) mass is 354 g/mol. The molecule has 0 unspecified atom stereocenters. The van der Waals surface area contributed by atoms with Gasteiger partial charge in [0.2, 0.25) is 0 Å². The Labute approximate surface area is 154 Å². The van der Waals surface area contributed by atoms with Gasteiger partial charge < -0.3 is 15.2 Å². The summed E-state index contributed by atoms with van der Waals surface area (Å²) in [6.07, 6.45) is 3.95. The molecule has 0 atom stereocenters. The van der Waals surface area contributed by atoms with Crippen LogP contribution in [0.5, 0.6) is 11.5 Å². The zero-order valence-electron chi connectivity index (χ0n) is 15.0. The third-order valence-electron chi connectivity index (χ3n) is 4.59. The van der Waals surface area contributed by atoms with Gasteiger partial charge in [0.1, 0.15) is 0 Å². The Bertz CT molecular complexity index is 709. The van der Waals surface area contributed by atoms with E-state index in [1.54, 1.807) is 18.2 Å². The maximum absolute atomic E-state index is 11.9. The number of phenolic OH excluding ortho intramolecular Hbond substituents is 1. The summed E-state index contributed by atoms with van der Waals surface area (Å²) >= 11 is 0. The molecule has 1 aliphatic rings. The van der Waals surface area contributed by atoms with Crippen molar-refractivity contribution in [3.05, 3.63) is 59.7 Å². The number of phenols is 1. The van der Waals surface area contributed by atoms with Gasteiger partial charge in [-0.2, -0.15) is 0 Å². The van der Waals surface area contributed by atoms with Crippen molar-refractivity contribution in [3.63, 3.8) is 0 Å². The molecule has 2 aromatic carbocycles. The number of benzene rings is 2. The topological polar surface area (TPSA) is 61.8 Å². The fraction of sp³-hybridized carbons (Fsp3) is 0.381. The van der Waals surface area contributed by atoms with Crippen molar-refractivity contribution in [1.82, 2.24) is 10.2 Å². The standard InChI is InChI=1S/C21H26N2O3/c24-19-6-2-3-7-20(19)26-16-21(25)22-14-17-8-10-18(11-9-17)15-23-12-4-1-5-13-23/h2-3,6-11,24H,1,4-5,12-16H2,(H,22,25). The van der Waals surface area contributed by atoms with Crippen LogP contribution in [-0.4, -0.2) is 35.6 Å². The van der Waals surface area contributed by atoms with Crippen molar-refractivity contribution in [1.29, 1.82) is 0 Å². The van der Waals surface area contributed by atoms with Gasteiger partial charge in [0, 0.05) is 13.1 Å². The van der Waals surface area contributed by atoms with Gasteiger partial charge >= 0.3 is 0 Å². The summed E-state index contributed by atoms with van der Waals surface area (Å²) < 4.78 is 5.32. The lowest BCUT2D eigenvalue weighted by atomic mass is 10.1. The highest BCUT2D eigenvalue weighted by molar-refractivity contribution is 5.77. The molecular formula is C21H26N2O3. The number of likely N-dealkylation sites (tertiary alicyclic amines) is 1. The Morgan fingerprint density at radius 1 is 1.00 bits per heavy atom. The van der Waals surface area contributed by atoms with Crippen LogP contribution in [0, 0.1) is 0 Å². The lowest BCUT2D eigenvalue weighted by molar-refractivity contribution is -0.123. The van der Waals surface area contributed by atoms with Gasteiger partial charge in [-0.1, -0.05) is 42.8 Å². The van der Waals surface area contributed by atoms with Crippen molar-refractivity contribution in [2.45, 2.75) is 32.4 Å². The molecule has 0 spiro atoms. The van der Waals surface area contributed by atoms with E-state index in [-0.39, 0.29) is 18.3 Å². The number of amides is 1. The minimum Gasteiger partial charge on any atom is -0.504 e. The summed E-state index contributed by atoms with van der Waals surface area (Å²) in [5.41, 5.74) is 2.37. The number of rotatable bonds is 7. The second-order valence-electron chi connectivity index (χ2n) is 6.69. The molecule has 1 saturated heterocycles. The number of hydrogen-bond acceptors (Lipinski definition) is 4. The first-order chi connectivity index (χ1) is 12.7. The molecule has 2 N–H and O–H groups in total. The number of para-hydroxylation sites is 2. The SMILES string of the molecule is O=C(COc1ccccc1O)NCc1ccc(CN2CCCCC2)cc1. The zero-order chi connectivity index (χ0) is 18.2. The fourth-order valence-electron chi connectivity index (χ4n) is 3.11. The fourth-order valence-corrected chi connectivity index (χ4v) is 3.11. The number of carbonyl (C=O) groups is 1. The summed E-state index contributed by atoms with van der Waals surface area (Å²) in [7, 11) is 0. The quantitative estimate of drug-likeness (QED) is 0.802. The third-order valence-corrected chi connectivity index (χ3v) is 4.59. The Morgan fingerprint density at radius 2 is 1.69 bits per heavy atom. The Balaban J connectivity index is 1.41. The maximum atomic E-state index is 11.9. The van der Waals surface area contributed by atoms with Crippen LogP contribution in [0.4, 0.5) is 0 Å². The van der Waals surface area contributed by atoms with E-state index in [9.17, 15) is 9.90 Å². The van der Waals surface area contributed by atoms with Crippen LogP contribution in [0.2, 0.25) is 0 Å². The lowest BCUT2D eigenvalue weighted by Crippen LogP contribution is -2.29. The van der Waals surface area contributed by atoms with Crippen LogP contribution < -0.4 is 10.1 Å². The van der Waals surface area contributed by atoms with Crippen LogP contribution in [0.3, 0.4) is 0 Å². The first kappa shape index (κ1) is 18.3. The number of nitrogens with zero attached hydrogens (tertiary/aromatic N) is 1. The first-order valence-corrected chi connectivity index (χ1v) is 9.18. The van der Waals surface area contributed by atoms with E-state index in [1.165, 1.54) is 44.0 Å². The van der Waals surface area contributed by atoms with Gasteiger partial charge in [-0.05, 0) is 49.2 Å². The highest BCUT2D eigenvalue weighted by Gasteiger charge is 2.10. The average molecular weight is 354 g/mol. The van der Waals surface area contributed by atoms with Crippen molar-refractivity contribution >= 4 is 5.91 Å². The minimum absolute atomic E-state index is 0.0320. The smallest absolute Gasteiger partial charge is 0.258 e. The second kappa shape index (κ2) is 9.25. The Hall–Kier alpha value is -2.53. The van der Waals surface area contributed by atoms with E-state index < -0.39 is 0 Å². The molecule has 0 bridgehead atoms. The molecule has 1 aliphatic heterocycles. The molecule has 5 heteroatoms. The molecular weight excluding hydrogens is 328 g/mol. The van der Waals surface area contributed by atoms with Gasteiger partial charge in [-0.15, -0.1) is 0 Å². The number of carbonyl (C=O) groups excluding carboxylic acids is 1. The third kappa shape index (κ3) is 5.49. The summed E-state index contributed by atoms with van der Waals surface area (Å²) in [5.74, 6) is 0.125. The van der Waals surface area contributed by atoms with Crippen LogP contribution >= 0.6 is 0 Å². The molecule has 3 rings (SSSR count). The molecule has 1 heterocycles. The van der Waals surface area contributed by atoms with E-state index in [1.807, 2.05) is 0 Å².